The number of para-hydroxylation sites is 1. The zero-order valence-corrected chi connectivity index (χ0v) is 26.0. The van der Waals surface area contributed by atoms with Crippen LogP contribution in [-0.2, 0) is 23.1 Å². The number of rotatable bonds is 3. The molecule has 38 heavy (non-hydrogen) atoms. The van der Waals surface area contributed by atoms with Crippen LogP contribution in [0.1, 0.15) is 53.5 Å². The summed E-state index contributed by atoms with van der Waals surface area (Å²) in [4.78, 5) is 44.6. The lowest BCUT2D eigenvalue weighted by molar-refractivity contribution is -0.232. The fraction of sp³-hybridized carbons (Fsp3) is 0.654. The predicted octanol–water partition coefficient (Wildman–Crippen LogP) is 3.46. The summed E-state index contributed by atoms with van der Waals surface area (Å²) in [6.07, 6.45) is -2.18. The molecule has 0 bridgehead atoms. The molecule has 3 heterocycles. The number of carbonyl (C=O) groups is 3. The first-order valence-corrected chi connectivity index (χ1v) is 16.3. The SMILES string of the molecule is CN1C(=O)[C@@]2(O)C[C@]3(Br)c4ccccc4N(C(=O)OC(C)(C)C)[C@@H]3N2C(=O)[C@@]1(O)CO[Si](C)(C)C(C)(C)C. The second-order valence-electron chi connectivity index (χ2n) is 13.0. The van der Waals surface area contributed by atoms with Crippen molar-refractivity contribution in [2.45, 2.75) is 93.6 Å². The molecule has 3 amide bonds. The van der Waals surface area contributed by atoms with Gasteiger partial charge in [-0.15, -0.1) is 0 Å². The van der Waals surface area contributed by atoms with Crippen molar-refractivity contribution in [2.75, 3.05) is 18.6 Å². The fourth-order valence-corrected chi connectivity index (χ4v) is 7.19. The third kappa shape index (κ3) is 4.02. The van der Waals surface area contributed by atoms with Crippen LogP contribution in [0.15, 0.2) is 24.3 Å². The number of hydrogen-bond donors (Lipinski definition) is 2. The van der Waals surface area contributed by atoms with E-state index in [4.69, 9.17) is 9.16 Å². The molecule has 1 aromatic rings. The molecule has 0 radical (unpaired) electrons. The van der Waals surface area contributed by atoms with E-state index >= 15 is 0 Å². The summed E-state index contributed by atoms with van der Waals surface area (Å²) >= 11 is 3.71. The van der Waals surface area contributed by atoms with Crippen molar-refractivity contribution >= 4 is 47.8 Å². The number of benzene rings is 1. The number of piperazine rings is 1. The Balaban J connectivity index is 1.83. The number of ether oxygens (including phenoxy) is 1. The lowest BCUT2D eigenvalue weighted by atomic mass is 9.93. The molecule has 12 heteroatoms. The van der Waals surface area contributed by atoms with Crippen LogP contribution in [0.5, 0.6) is 0 Å². The first-order valence-electron chi connectivity index (χ1n) is 12.6. The molecule has 1 aromatic carbocycles. The van der Waals surface area contributed by atoms with Crippen molar-refractivity contribution in [1.29, 1.82) is 0 Å². The Hall–Kier alpha value is -1.99. The fourth-order valence-electron chi connectivity index (χ4n) is 5.06. The Kier molecular flexibility index (Phi) is 6.49. The summed E-state index contributed by atoms with van der Waals surface area (Å²) in [6, 6.07) is 7.02. The molecule has 210 valence electrons. The molecule has 0 aromatic heterocycles. The number of halogens is 1. The Labute approximate surface area is 233 Å². The Morgan fingerprint density at radius 3 is 2.24 bits per heavy atom. The predicted molar refractivity (Wildman–Crippen MR) is 147 cm³/mol. The number of likely N-dealkylation sites (N-methyl/N-ethyl adjacent to an activating group) is 1. The average Bonchev–Trinajstić information content (AvgIpc) is 3.16. The summed E-state index contributed by atoms with van der Waals surface area (Å²) in [5, 5.41) is 23.3. The lowest BCUT2D eigenvalue weighted by Crippen LogP contribution is -2.78. The Bertz CT molecular complexity index is 1200. The first-order chi connectivity index (χ1) is 17.1. The summed E-state index contributed by atoms with van der Waals surface area (Å²) in [5.41, 5.74) is -4.48. The smallest absolute Gasteiger partial charge is 0.416 e. The number of amides is 3. The van der Waals surface area contributed by atoms with E-state index in [-0.39, 0.29) is 11.5 Å². The van der Waals surface area contributed by atoms with Crippen molar-refractivity contribution in [3.8, 4) is 0 Å². The molecule has 3 aliphatic heterocycles. The second-order valence-corrected chi connectivity index (χ2v) is 19.2. The number of hydrogen-bond acceptors (Lipinski definition) is 7. The summed E-state index contributed by atoms with van der Waals surface area (Å²) in [7, 11) is -1.17. The molecule has 0 unspecified atom stereocenters. The molecule has 0 spiro atoms. The largest absolute Gasteiger partial charge is 0.443 e. The molecular formula is C26H38BrN3O7Si. The monoisotopic (exact) mass is 611 g/mol. The van der Waals surface area contributed by atoms with Gasteiger partial charge in [-0.05, 0) is 50.5 Å². The van der Waals surface area contributed by atoms with Crippen molar-refractivity contribution in [2.24, 2.45) is 0 Å². The molecule has 0 saturated carbocycles. The number of carbonyl (C=O) groups excluding carboxylic acids is 3. The van der Waals surface area contributed by atoms with Crippen LogP contribution in [0.3, 0.4) is 0 Å². The van der Waals surface area contributed by atoms with Gasteiger partial charge in [0.1, 0.15) is 11.8 Å². The molecule has 2 N–H and O–H groups in total. The molecule has 4 rings (SSSR count). The highest BCUT2D eigenvalue weighted by molar-refractivity contribution is 9.09. The summed E-state index contributed by atoms with van der Waals surface area (Å²) in [5.74, 6) is -1.80. The van der Waals surface area contributed by atoms with Gasteiger partial charge in [0.2, 0.25) is 11.4 Å². The molecule has 2 saturated heterocycles. The number of fused-ring (bicyclic) bond motifs is 5. The maximum Gasteiger partial charge on any atom is 0.416 e. The van der Waals surface area contributed by atoms with Crippen LogP contribution in [0, 0.1) is 0 Å². The van der Waals surface area contributed by atoms with Gasteiger partial charge in [0.15, 0.2) is 8.32 Å². The van der Waals surface area contributed by atoms with Gasteiger partial charge in [-0.25, -0.2) is 4.79 Å². The van der Waals surface area contributed by atoms with E-state index in [1.165, 1.54) is 11.9 Å². The van der Waals surface area contributed by atoms with E-state index in [9.17, 15) is 24.6 Å². The Morgan fingerprint density at radius 1 is 1.11 bits per heavy atom. The van der Waals surface area contributed by atoms with Crippen molar-refractivity contribution in [3.63, 3.8) is 0 Å². The van der Waals surface area contributed by atoms with Gasteiger partial charge in [0.25, 0.3) is 11.8 Å². The van der Waals surface area contributed by atoms with Crippen molar-refractivity contribution in [3.05, 3.63) is 29.8 Å². The quantitative estimate of drug-likeness (QED) is 0.397. The van der Waals surface area contributed by atoms with Gasteiger partial charge in [0.05, 0.1) is 16.6 Å². The standard InChI is InChI=1S/C26H38BrN3O7Si/c1-22(2,3)37-21(33)29-17-13-11-10-12-16(17)24(27)14-25(34)19(31)28(7)26(35,20(32)30(25)18(24)29)15-36-38(8,9)23(4,5)6/h10-13,18,34-35H,14-15H2,1-9H3/t18-,24+,25+,26+/m1/s1. The Morgan fingerprint density at radius 2 is 1.68 bits per heavy atom. The molecular weight excluding hydrogens is 574 g/mol. The van der Waals surface area contributed by atoms with Gasteiger partial charge in [-0.2, -0.15) is 0 Å². The molecule has 10 nitrogen and oxygen atoms in total. The van der Waals surface area contributed by atoms with Crippen LogP contribution in [0.2, 0.25) is 18.1 Å². The molecule has 2 fully saturated rings. The number of alkyl halides is 1. The van der Waals surface area contributed by atoms with E-state index in [0.717, 1.165) is 9.80 Å². The van der Waals surface area contributed by atoms with Crippen LogP contribution in [0.4, 0.5) is 10.5 Å². The van der Waals surface area contributed by atoms with Crippen LogP contribution in [-0.4, -0.2) is 83.1 Å². The topological polar surface area (TPSA) is 120 Å². The highest BCUT2D eigenvalue weighted by atomic mass is 79.9. The lowest BCUT2D eigenvalue weighted by Gasteiger charge is -2.51. The van der Waals surface area contributed by atoms with Crippen LogP contribution in [0.25, 0.3) is 0 Å². The van der Waals surface area contributed by atoms with Crippen molar-refractivity contribution < 1.29 is 33.8 Å². The third-order valence-corrected chi connectivity index (χ3v) is 13.8. The van der Waals surface area contributed by atoms with Gasteiger partial charge < -0.3 is 24.3 Å². The van der Waals surface area contributed by atoms with Gasteiger partial charge in [0, 0.05) is 13.5 Å². The molecule has 3 aliphatic rings. The second kappa shape index (κ2) is 8.50. The van der Waals surface area contributed by atoms with Gasteiger partial charge in [-0.1, -0.05) is 54.9 Å². The normalized spacial score (nSPS) is 31.4. The van der Waals surface area contributed by atoms with Gasteiger partial charge in [-0.3, -0.25) is 19.4 Å². The third-order valence-electron chi connectivity index (χ3n) is 8.21. The van der Waals surface area contributed by atoms with Gasteiger partial charge >= 0.3 is 6.09 Å². The highest BCUT2D eigenvalue weighted by Crippen LogP contribution is 2.62. The summed E-state index contributed by atoms with van der Waals surface area (Å²) in [6.45, 7) is 14.7. The van der Waals surface area contributed by atoms with Crippen LogP contribution < -0.4 is 4.90 Å². The number of anilines is 1. The minimum absolute atomic E-state index is 0.219. The maximum absolute atomic E-state index is 14.2. The first kappa shape index (κ1) is 29.0. The number of nitrogens with zero attached hydrogens (tertiary/aromatic N) is 3. The van der Waals surface area contributed by atoms with E-state index < -0.39 is 60.4 Å². The van der Waals surface area contributed by atoms with E-state index in [1.807, 2.05) is 33.9 Å². The van der Waals surface area contributed by atoms with Crippen LogP contribution >= 0.6 is 15.9 Å². The average molecular weight is 613 g/mol. The summed E-state index contributed by atoms with van der Waals surface area (Å²) < 4.78 is 10.7. The maximum atomic E-state index is 14.2. The zero-order chi connectivity index (χ0) is 28.9. The number of aliphatic hydroxyl groups is 2. The van der Waals surface area contributed by atoms with Crippen molar-refractivity contribution in [1.82, 2.24) is 9.80 Å². The molecule has 0 aliphatic carbocycles. The van der Waals surface area contributed by atoms with E-state index in [0.29, 0.717) is 11.3 Å². The zero-order valence-electron chi connectivity index (χ0n) is 23.5. The van der Waals surface area contributed by atoms with E-state index in [2.05, 4.69) is 15.9 Å². The minimum atomic E-state index is -2.45. The highest BCUT2D eigenvalue weighted by Gasteiger charge is 2.75. The molecule has 4 atom stereocenters. The van der Waals surface area contributed by atoms with E-state index in [1.54, 1.807) is 45.0 Å². The minimum Gasteiger partial charge on any atom is -0.443 e.